The third-order valence-corrected chi connectivity index (χ3v) is 4.13. The number of benzene rings is 1. The van der Waals surface area contributed by atoms with Crippen molar-refractivity contribution in [2.45, 2.75) is 6.10 Å². The molecule has 1 amide bonds. The summed E-state index contributed by atoms with van der Waals surface area (Å²) in [5.41, 5.74) is 6.40. The predicted molar refractivity (Wildman–Crippen MR) is 86.3 cm³/mol. The molecular formula is C15H16FN3O2S. The van der Waals surface area contributed by atoms with Gasteiger partial charge in [-0.25, -0.2) is 9.18 Å². The molecule has 1 saturated heterocycles. The summed E-state index contributed by atoms with van der Waals surface area (Å²) < 4.78 is 19.5. The number of carbonyl (C=O) groups excluding carboxylic acids is 1. The van der Waals surface area contributed by atoms with Gasteiger partial charge in [-0.05, 0) is 23.6 Å². The van der Waals surface area contributed by atoms with Crippen LogP contribution < -0.4 is 15.5 Å². The fraction of sp³-hybridized carbons (Fsp3) is 0.267. The van der Waals surface area contributed by atoms with Crippen LogP contribution in [0, 0.1) is 5.82 Å². The maximum atomic E-state index is 14.4. The molecule has 1 aromatic rings. The first kappa shape index (κ1) is 14.9. The summed E-state index contributed by atoms with van der Waals surface area (Å²) in [6.07, 6.45) is 4.75. The number of nitrogens with two attached hydrogens (primary N) is 1. The lowest BCUT2D eigenvalue weighted by Gasteiger charge is -2.18. The lowest BCUT2D eigenvalue weighted by Crippen LogP contribution is -2.27. The fourth-order valence-corrected chi connectivity index (χ4v) is 2.84. The van der Waals surface area contributed by atoms with Crippen LogP contribution in [0.15, 0.2) is 42.1 Å². The summed E-state index contributed by atoms with van der Waals surface area (Å²) in [7, 11) is 0. The van der Waals surface area contributed by atoms with Crippen LogP contribution in [0.3, 0.4) is 0 Å². The van der Waals surface area contributed by atoms with Gasteiger partial charge in [-0.3, -0.25) is 4.90 Å². The van der Waals surface area contributed by atoms with Crippen molar-refractivity contribution >= 4 is 29.2 Å². The van der Waals surface area contributed by atoms with Crippen LogP contribution in [-0.4, -0.2) is 31.0 Å². The number of hydrogen-bond donors (Lipinski definition) is 1. The Balaban J connectivity index is 1.85. The Morgan fingerprint density at radius 3 is 3.00 bits per heavy atom. The summed E-state index contributed by atoms with van der Waals surface area (Å²) in [5.74, 6) is 0.454. The zero-order valence-electron chi connectivity index (χ0n) is 11.8. The molecule has 1 aromatic carbocycles. The highest BCUT2D eigenvalue weighted by molar-refractivity contribution is 8.02. The van der Waals surface area contributed by atoms with Crippen molar-refractivity contribution in [3.05, 3.63) is 47.9 Å². The van der Waals surface area contributed by atoms with E-state index in [2.05, 4.69) is 0 Å². The Bertz CT molecular complexity index is 621. The molecule has 3 rings (SSSR count). The van der Waals surface area contributed by atoms with Crippen molar-refractivity contribution < 1.29 is 13.9 Å². The van der Waals surface area contributed by atoms with Crippen molar-refractivity contribution in [2.75, 3.05) is 28.6 Å². The normalized spacial score (nSPS) is 21.2. The number of ether oxygens (including phenoxy) is 1. The van der Waals surface area contributed by atoms with Gasteiger partial charge in [0.05, 0.1) is 17.9 Å². The van der Waals surface area contributed by atoms with Gasteiger partial charge in [0.1, 0.15) is 11.9 Å². The van der Waals surface area contributed by atoms with Crippen molar-refractivity contribution in [3.63, 3.8) is 0 Å². The maximum absolute atomic E-state index is 14.4. The van der Waals surface area contributed by atoms with E-state index in [-0.39, 0.29) is 12.6 Å². The highest BCUT2D eigenvalue weighted by Gasteiger charge is 2.31. The van der Waals surface area contributed by atoms with Gasteiger partial charge in [-0.15, -0.1) is 11.8 Å². The number of halogens is 1. The van der Waals surface area contributed by atoms with Crippen LogP contribution in [0.25, 0.3) is 0 Å². The van der Waals surface area contributed by atoms with Crippen LogP contribution >= 0.6 is 11.8 Å². The minimum atomic E-state index is -0.492. The summed E-state index contributed by atoms with van der Waals surface area (Å²) in [5, 5.41) is 1.91. The van der Waals surface area contributed by atoms with E-state index in [1.165, 1.54) is 11.0 Å². The molecule has 2 heterocycles. The molecular weight excluding hydrogens is 305 g/mol. The molecule has 0 bridgehead atoms. The lowest BCUT2D eigenvalue weighted by molar-refractivity contribution is 0.145. The maximum Gasteiger partial charge on any atom is 0.414 e. The van der Waals surface area contributed by atoms with Gasteiger partial charge in [0.25, 0.3) is 0 Å². The first-order valence-electron chi connectivity index (χ1n) is 6.90. The average Bonchev–Trinajstić information content (AvgIpc) is 2.73. The Morgan fingerprint density at radius 2 is 2.27 bits per heavy atom. The molecule has 0 unspecified atom stereocenters. The largest absolute Gasteiger partial charge is 0.443 e. The number of carbonyl (C=O) groups is 1. The SMILES string of the molecule is NC[C@H]1CN(c2ccc(N3C=CCSC=C3)c(F)c2)C(=O)O1. The summed E-state index contributed by atoms with van der Waals surface area (Å²) in [4.78, 5) is 14.9. The number of thioether (sulfide) groups is 1. The second-order valence-corrected chi connectivity index (χ2v) is 5.84. The van der Waals surface area contributed by atoms with Gasteiger partial charge in [0.15, 0.2) is 0 Å². The van der Waals surface area contributed by atoms with Crippen LogP contribution in [0.4, 0.5) is 20.6 Å². The molecule has 5 nitrogen and oxygen atoms in total. The molecule has 0 aliphatic carbocycles. The molecule has 116 valence electrons. The van der Waals surface area contributed by atoms with Crippen LogP contribution in [-0.2, 0) is 4.74 Å². The smallest absolute Gasteiger partial charge is 0.414 e. The van der Waals surface area contributed by atoms with E-state index in [4.69, 9.17) is 10.5 Å². The summed E-state index contributed by atoms with van der Waals surface area (Å²) in [6, 6.07) is 4.70. The first-order valence-corrected chi connectivity index (χ1v) is 7.95. The second-order valence-electron chi connectivity index (χ2n) is 4.90. The molecule has 1 atom stereocenters. The minimum absolute atomic E-state index is 0.254. The second kappa shape index (κ2) is 6.41. The zero-order chi connectivity index (χ0) is 15.5. The molecule has 0 radical (unpaired) electrons. The molecule has 22 heavy (non-hydrogen) atoms. The summed E-state index contributed by atoms with van der Waals surface area (Å²) in [6.45, 7) is 0.595. The zero-order valence-corrected chi connectivity index (χ0v) is 12.6. The van der Waals surface area contributed by atoms with Crippen LogP contribution in [0.5, 0.6) is 0 Å². The topological polar surface area (TPSA) is 58.8 Å². The monoisotopic (exact) mass is 321 g/mol. The van der Waals surface area contributed by atoms with Crippen molar-refractivity contribution in [3.8, 4) is 0 Å². The van der Waals surface area contributed by atoms with E-state index in [0.29, 0.717) is 17.9 Å². The number of nitrogens with zero attached hydrogens (tertiary/aromatic N) is 2. The molecule has 2 aliphatic heterocycles. The quantitative estimate of drug-likeness (QED) is 0.927. The van der Waals surface area contributed by atoms with Crippen LogP contribution in [0.2, 0.25) is 0 Å². The molecule has 2 aliphatic rings. The number of anilines is 2. The van der Waals surface area contributed by atoms with Crippen molar-refractivity contribution in [1.29, 1.82) is 0 Å². The number of cyclic esters (lactones) is 1. The summed E-state index contributed by atoms with van der Waals surface area (Å²) >= 11 is 1.63. The Hall–Kier alpha value is -1.99. The highest BCUT2D eigenvalue weighted by atomic mass is 32.2. The standard InChI is InChI=1S/C15H16FN3O2S/c16-13-8-11(19-10-12(9-17)21-15(19)20)2-3-14(13)18-4-1-6-22-7-5-18/h1-5,7-8,12H,6,9-10,17H2/t12-/m0/s1. The van der Waals surface area contributed by atoms with E-state index >= 15 is 0 Å². The number of rotatable bonds is 3. The Labute approximate surface area is 132 Å². The molecule has 0 saturated carbocycles. The van der Waals surface area contributed by atoms with Gasteiger partial charge in [-0.2, -0.15) is 0 Å². The molecule has 0 aromatic heterocycles. The number of hydrogen-bond acceptors (Lipinski definition) is 5. The first-order chi connectivity index (χ1) is 10.7. The van der Waals surface area contributed by atoms with E-state index < -0.39 is 11.9 Å². The average molecular weight is 321 g/mol. The highest BCUT2D eigenvalue weighted by Crippen LogP contribution is 2.29. The van der Waals surface area contributed by atoms with Gasteiger partial charge in [0, 0.05) is 24.7 Å². The third kappa shape index (κ3) is 2.95. The molecule has 7 heteroatoms. The van der Waals surface area contributed by atoms with Gasteiger partial charge >= 0.3 is 6.09 Å². The van der Waals surface area contributed by atoms with Gasteiger partial charge in [-0.1, -0.05) is 6.08 Å². The molecule has 1 fully saturated rings. The molecule has 2 N–H and O–H groups in total. The number of amides is 1. The third-order valence-electron chi connectivity index (χ3n) is 3.43. The predicted octanol–water partition coefficient (Wildman–Crippen LogP) is 2.65. The van der Waals surface area contributed by atoms with E-state index in [0.717, 1.165) is 5.75 Å². The van der Waals surface area contributed by atoms with Gasteiger partial charge in [0.2, 0.25) is 0 Å². The Morgan fingerprint density at radius 1 is 1.41 bits per heavy atom. The Kier molecular flexibility index (Phi) is 4.35. The minimum Gasteiger partial charge on any atom is -0.443 e. The van der Waals surface area contributed by atoms with E-state index in [1.807, 2.05) is 17.7 Å². The van der Waals surface area contributed by atoms with Crippen molar-refractivity contribution in [1.82, 2.24) is 0 Å². The fourth-order valence-electron chi connectivity index (χ4n) is 2.31. The molecule has 0 spiro atoms. The van der Waals surface area contributed by atoms with E-state index in [9.17, 15) is 9.18 Å². The van der Waals surface area contributed by atoms with E-state index in [1.54, 1.807) is 35.0 Å². The lowest BCUT2D eigenvalue weighted by atomic mass is 10.2. The van der Waals surface area contributed by atoms with Crippen LogP contribution in [0.1, 0.15) is 0 Å². The van der Waals surface area contributed by atoms with Gasteiger partial charge < -0.3 is 15.4 Å². The van der Waals surface area contributed by atoms with Crippen molar-refractivity contribution in [2.24, 2.45) is 5.73 Å².